The molecule has 3 nitrogen and oxygen atoms in total. The van der Waals surface area contributed by atoms with E-state index in [1.54, 1.807) is 18.2 Å². The molecule has 0 unspecified atom stereocenters. The summed E-state index contributed by atoms with van der Waals surface area (Å²) in [5, 5.41) is 3.29. The summed E-state index contributed by atoms with van der Waals surface area (Å²) in [4.78, 5) is 12.0. The first-order valence-corrected chi connectivity index (χ1v) is 6.58. The van der Waals surface area contributed by atoms with E-state index in [9.17, 15) is 4.79 Å². The second kappa shape index (κ2) is 5.59. The molecule has 94 valence electrons. The lowest BCUT2D eigenvalue weighted by Crippen LogP contribution is -2.24. The molecule has 1 N–H and O–H groups in total. The lowest BCUT2D eigenvalue weighted by molar-refractivity contribution is 0.0950. The summed E-state index contributed by atoms with van der Waals surface area (Å²) in [5.74, 6) is -0.178. The smallest absolute Gasteiger partial charge is 0.253 e. The first-order chi connectivity index (χ1) is 8.58. The van der Waals surface area contributed by atoms with Crippen molar-refractivity contribution in [2.45, 2.75) is 6.54 Å². The first-order valence-electron chi connectivity index (χ1n) is 5.41. The Morgan fingerprint density at radius 3 is 2.89 bits per heavy atom. The highest BCUT2D eigenvalue weighted by atomic mass is 79.9. The lowest BCUT2D eigenvalue weighted by Gasteiger charge is -2.08. The fraction of sp³-hybridized carbons (Fsp3) is 0.154. The Bertz CT molecular complexity index is 580. The summed E-state index contributed by atoms with van der Waals surface area (Å²) < 4.78 is 2.79. The molecule has 0 radical (unpaired) electrons. The zero-order valence-electron chi connectivity index (χ0n) is 9.78. The van der Waals surface area contributed by atoms with Gasteiger partial charge in [0.1, 0.15) is 0 Å². The van der Waals surface area contributed by atoms with Crippen LogP contribution in [-0.2, 0) is 13.6 Å². The second-order valence-electron chi connectivity index (χ2n) is 3.92. The highest BCUT2D eigenvalue weighted by molar-refractivity contribution is 9.10. The Kier molecular flexibility index (Phi) is 4.09. The summed E-state index contributed by atoms with van der Waals surface area (Å²) in [5.41, 5.74) is 1.51. The normalized spacial score (nSPS) is 10.4. The fourth-order valence-electron chi connectivity index (χ4n) is 1.62. The van der Waals surface area contributed by atoms with E-state index >= 15 is 0 Å². The molecule has 1 aromatic heterocycles. The van der Waals surface area contributed by atoms with Crippen LogP contribution >= 0.6 is 27.5 Å². The van der Waals surface area contributed by atoms with E-state index in [0.29, 0.717) is 17.1 Å². The van der Waals surface area contributed by atoms with Crippen LogP contribution in [0, 0.1) is 0 Å². The van der Waals surface area contributed by atoms with Crippen molar-refractivity contribution in [1.29, 1.82) is 0 Å². The molecule has 1 aromatic carbocycles. The van der Waals surface area contributed by atoms with Gasteiger partial charge in [0.15, 0.2) is 0 Å². The molecule has 5 heteroatoms. The minimum Gasteiger partial charge on any atom is -0.353 e. The number of benzene rings is 1. The van der Waals surface area contributed by atoms with E-state index in [-0.39, 0.29) is 5.91 Å². The number of amides is 1. The van der Waals surface area contributed by atoms with Crippen LogP contribution in [0.3, 0.4) is 0 Å². The summed E-state index contributed by atoms with van der Waals surface area (Å²) in [6, 6.07) is 9.11. The quantitative estimate of drug-likeness (QED) is 0.921. The Morgan fingerprint density at radius 1 is 1.44 bits per heavy atom. The van der Waals surface area contributed by atoms with Gasteiger partial charge in [-0.2, -0.15) is 0 Å². The third-order valence-electron chi connectivity index (χ3n) is 2.65. The van der Waals surface area contributed by atoms with Gasteiger partial charge in [-0.15, -0.1) is 0 Å². The van der Waals surface area contributed by atoms with Gasteiger partial charge in [0.05, 0.1) is 17.1 Å². The van der Waals surface area contributed by atoms with E-state index in [1.165, 1.54) is 0 Å². The van der Waals surface area contributed by atoms with E-state index < -0.39 is 0 Å². The average molecular weight is 328 g/mol. The third kappa shape index (κ3) is 2.94. The molecule has 2 rings (SSSR count). The molecule has 1 amide bonds. The van der Waals surface area contributed by atoms with Crippen LogP contribution < -0.4 is 5.32 Å². The second-order valence-corrected chi connectivity index (χ2v) is 5.24. The van der Waals surface area contributed by atoms with Crippen LogP contribution in [0.15, 0.2) is 41.0 Å². The molecule has 0 atom stereocenters. The number of aromatic nitrogens is 1. The summed E-state index contributed by atoms with van der Waals surface area (Å²) in [7, 11) is 1.94. The summed E-state index contributed by atoms with van der Waals surface area (Å²) >= 11 is 9.32. The lowest BCUT2D eigenvalue weighted by atomic mass is 10.2. The van der Waals surface area contributed by atoms with Crippen molar-refractivity contribution in [2.24, 2.45) is 7.05 Å². The van der Waals surface area contributed by atoms with E-state index in [0.717, 1.165) is 10.2 Å². The molecular weight excluding hydrogens is 316 g/mol. The molecule has 18 heavy (non-hydrogen) atoms. The van der Waals surface area contributed by atoms with E-state index in [4.69, 9.17) is 11.6 Å². The number of hydrogen-bond donors (Lipinski definition) is 1. The third-order valence-corrected chi connectivity index (χ3v) is 3.48. The van der Waals surface area contributed by atoms with Crippen molar-refractivity contribution in [2.75, 3.05) is 0 Å². The summed E-state index contributed by atoms with van der Waals surface area (Å²) in [6.45, 7) is 0.477. The number of aryl methyl sites for hydroxylation is 1. The number of carbonyl (C=O) groups excluding carboxylic acids is 1. The number of hydrogen-bond acceptors (Lipinski definition) is 1. The Morgan fingerprint density at radius 2 is 2.22 bits per heavy atom. The van der Waals surface area contributed by atoms with Gasteiger partial charge in [-0.1, -0.05) is 27.5 Å². The molecular formula is C13H12BrClN2O. The topological polar surface area (TPSA) is 34.0 Å². The minimum absolute atomic E-state index is 0.178. The monoisotopic (exact) mass is 326 g/mol. The zero-order chi connectivity index (χ0) is 13.1. The molecule has 1 heterocycles. The van der Waals surface area contributed by atoms with Crippen molar-refractivity contribution in [3.8, 4) is 0 Å². The van der Waals surface area contributed by atoms with Crippen molar-refractivity contribution >= 4 is 33.4 Å². The van der Waals surface area contributed by atoms with Crippen LogP contribution in [0.25, 0.3) is 0 Å². The molecule has 0 spiro atoms. The van der Waals surface area contributed by atoms with Crippen LogP contribution in [0.2, 0.25) is 5.02 Å². The Balaban J connectivity index is 2.08. The van der Waals surface area contributed by atoms with Crippen molar-refractivity contribution in [3.05, 3.63) is 57.3 Å². The highest BCUT2D eigenvalue weighted by Gasteiger charge is 2.10. The molecule has 0 saturated heterocycles. The largest absolute Gasteiger partial charge is 0.353 e. The summed E-state index contributed by atoms with van der Waals surface area (Å²) in [6.07, 6.45) is 1.94. The van der Waals surface area contributed by atoms with E-state index in [2.05, 4.69) is 21.2 Å². The number of rotatable bonds is 3. The molecule has 0 aliphatic carbocycles. The fourth-order valence-corrected chi connectivity index (χ4v) is 2.18. The molecule has 0 aliphatic heterocycles. The average Bonchev–Trinajstić information content (AvgIpc) is 2.75. The Hall–Kier alpha value is -1.26. The maximum Gasteiger partial charge on any atom is 0.253 e. The van der Waals surface area contributed by atoms with Crippen molar-refractivity contribution in [3.63, 3.8) is 0 Å². The van der Waals surface area contributed by atoms with Gasteiger partial charge in [-0.3, -0.25) is 4.79 Å². The van der Waals surface area contributed by atoms with Gasteiger partial charge in [-0.05, 0) is 30.3 Å². The maximum atomic E-state index is 12.0. The van der Waals surface area contributed by atoms with Gasteiger partial charge in [0.2, 0.25) is 0 Å². The van der Waals surface area contributed by atoms with Gasteiger partial charge >= 0.3 is 0 Å². The van der Waals surface area contributed by atoms with Crippen LogP contribution in [0.5, 0.6) is 0 Å². The van der Waals surface area contributed by atoms with Gasteiger partial charge in [0, 0.05) is 23.4 Å². The van der Waals surface area contributed by atoms with Gasteiger partial charge in [0.25, 0.3) is 5.91 Å². The van der Waals surface area contributed by atoms with Crippen LogP contribution in [0.4, 0.5) is 0 Å². The zero-order valence-corrected chi connectivity index (χ0v) is 12.1. The number of nitrogens with zero attached hydrogens (tertiary/aromatic N) is 1. The highest BCUT2D eigenvalue weighted by Crippen LogP contribution is 2.20. The maximum absolute atomic E-state index is 12.0. The number of halogens is 2. The van der Waals surface area contributed by atoms with Gasteiger partial charge in [-0.25, -0.2) is 0 Å². The van der Waals surface area contributed by atoms with Crippen LogP contribution in [-0.4, -0.2) is 10.5 Å². The van der Waals surface area contributed by atoms with Gasteiger partial charge < -0.3 is 9.88 Å². The molecule has 0 fully saturated rings. The van der Waals surface area contributed by atoms with Crippen molar-refractivity contribution in [1.82, 2.24) is 9.88 Å². The number of carbonyl (C=O) groups is 1. The minimum atomic E-state index is -0.178. The number of nitrogens with one attached hydrogen (secondary N) is 1. The predicted octanol–water partition coefficient (Wildman–Crippen LogP) is 3.37. The molecule has 2 aromatic rings. The van der Waals surface area contributed by atoms with E-state index in [1.807, 2.05) is 29.9 Å². The molecule has 0 saturated carbocycles. The first kappa shape index (κ1) is 13.2. The van der Waals surface area contributed by atoms with Crippen molar-refractivity contribution < 1.29 is 4.79 Å². The SMILES string of the molecule is Cn1cccc1CNC(=O)c1cc(Br)ccc1Cl. The standard InChI is InChI=1S/C13H12BrClN2O/c1-17-6-2-3-10(17)8-16-13(18)11-7-9(14)4-5-12(11)15/h2-7H,8H2,1H3,(H,16,18). The predicted molar refractivity (Wildman–Crippen MR) is 75.7 cm³/mol. The van der Waals surface area contributed by atoms with Crippen LogP contribution in [0.1, 0.15) is 16.1 Å². The Labute approximate surface area is 119 Å². The molecule has 0 bridgehead atoms. The molecule has 0 aliphatic rings.